The SMILES string of the molecule is Cc1ccc(S(=O)(=O)NCCN2CCN(C(=O)CNCC3CC3)CC2)cc1.Cl.Cl. The number of benzene rings is 1. The van der Waals surface area contributed by atoms with Gasteiger partial charge < -0.3 is 10.2 Å². The van der Waals surface area contributed by atoms with E-state index in [2.05, 4.69) is 14.9 Å². The van der Waals surface area contributed by atoms with Crippen molar-refractivity contribution in [2.75, 3.05) is 52.4 Å². The van der Waals surface area contributed by atoms with Crippen molar-refractivity contribution in [2.24, 2.45) is 5.92 Å². The molecule has 1 heterocycles. The molecule has 1 aromatic carbocycles. The van der Waals surface area contributed by atoms with E-state index < -0.39 is 10.0 Å². The number of hydrogen-bond acceptors (Lipinski definition) is 5. The van der Waals surface area contributed by atoms with Gasteiger partial charge in [-0.3, -0.25) is 9.69 Å². The van der Waals surface area contributed by atoms with E-state index in [0.717, 1.165) is 31.1 Å². The predicted octanol–water partition coefficient (Wildman–Crippen LogP) is 1.26. The van der Waals surface area contributed by atoms with Gasteiger partial charge in [0, 0.05) is 39.3 Å². The highest BCUT2D eigenvalue weighted by molar-refractivity contribution is 7.89. The average Bonchev–Trinajstić information content (AvgIpc) is 3.47. The Balaban J connectivity index is 0.00000210. The number of carbonyl (C=O) groups is 1. The molecule has 2 aliphatic rings. The molecule has 166 valence electrons. The van der Waals surface area contributed by atoms with Crippen LogP contribution in [0.15, 0.2) is 29.2 Å². The van der Waals surface area contributed by atoms with Crippen molar-refractivity contribution < 1.29 is 13.2 Å². The van der Waals surface area contributed by atoms with Crippen LogP contribution in [0.4, 0.5) is 0 Å². The first-order valence-electron chi connectivity index (χ1n) is 9.71. The Morgan fingerprint density at radius 1 is 1.07 bits per heavy atom. The summed E-state index contributed by atoms with van der Waals surface area (Å²) in [6, 6.07) is 6.84. The molecule has 0 spiro atoms. The molecule has 1 aliphatic carbocycles. The highest BCUT2D eigenvalue weighted by Gasteiger charge is 2.23. The molecule has 10 heteroatoms. The Bertz CT molecular complexity index is 734. The first-order chi connectivity index (χ1) is 12.9. The number of rotatable bonds is 9. The number of nitrogens with zero attached hydrogens (tertiary/aromatic N) is 2. The zero-order valence-corrected chi connectivity index (χ0v) is 19.3. The van der Waals surface area contributed by atoms with Crippen molar-refractivity contribution in [2.45, 2.75) is 24.7 Å². The van der Waals surface area contributed by atoms with Gasteiger partial charge in [-0.25, -0.2) is 13.1 Å². The van der Waals surface area contributed by atoms with E-state index in [9.17, 15) is 13.2 Å². The molecule has 0 unspecified atom stereocenters. The third kappa shape index (κ3) is 8.39. The van der Waals surface area contributed by atoms with E-state index in [1.165, 1.54) is 12.8 Å². The predicted molar refractivity (Wildman–Crippen MR) is 119 cm³/mol. The van der Waals surface area contributed by atoms with Gasteiger partial charge in [0.1, 0.15) is 0 Å². The third-order valence-electron chi connectivity index (χ3n) is 5.18. The summed E-state index contributed by atoms with van der Waals surface area (Å²) in [5, 5.41) is 3.24. The standard InChI is InChI=1S/C19H30N4O3S.2ClH/c1-16-2-6-18(7-3-16)27(25,26)21-8-9-22-10-12-23(13-11-22)19(24)15-20-14-17-4-5-17;;/h2-3,6-7,17,20-21H,4-5,8-15H2,1H3;2*1H. The Morgan fingerprint density at radius 3 is 2.28 bits per heavy atom. The quantitative estimate of drug-likeness (QED) is 0.572. The molecular weight excluding hydrogens is 435 g/mol. The zero-order chi connectivity index (χ0) is 19.3. The molecule has 1 amide bonds. The van der Waals surface area contributed by atoms with Gasteiger partial charge >= 0.3 is 0 Å². The third-order valence-corrected chi connectivity index (χ3v) is 6.66. The van der Waals surface area contributed by atoms with Crippen molar-refractivity contribution in [3.8, 4) is 0 Å². The summed E-state index contributed by atoms with van der Waals surface area (Å²) in [5.41, 5.74) is 1.03. The molecule has 29 heavy (non-hydrogen) atoms. The fourth-order valence-corrected chi connectivity index (χ4v) is 4.20. The lowest BCUT2D eigenvalue weighted by atomic mass is 10.2. The monoisotopic (exact) mass is 466 g/mol. The van der Waals surface area contributed by atoms with Gasteiger partial charge in [0.15, 0.2) is 0 Å². The highest BCUT2D eigenvalue weighted by atomic mass is 35.5. The van der Waals surface area contributed by atoms with E-state index >= 15 is 0 Å². The van der Waals surface area contributed by atoms with Crippen LogP contribution in [-0.2, 0) is 14.8 Å². The van der Waals surface area contributed by atoms with Gasteiger partial charge in [-0.15, -0.1) is 24.8 Å². The van der Waals surface area contributed by atoms with Crippen LogP contribution < -0.4 is 10.0 Å². The fourth-order valence-electron chi connectivity index (χ4n) is 3.18. The molecule has 0 radical (unpaired) electrons. The summed E-state index contributed by atoms with van der Waals surface area (Å²) < 4.78 is 27.2. The summed E-state index contributed by atoms with van der Waals surface area (Å²) in [5.74, 6) is 0.939. The topological polar surface area (TPSA) is 81.8 Å². The first kappa shape index (κ1) is 26.1. The minimum atomic E-state index is -3.46. The van der Waals surface area contributed by atoms with Crippen LogP contribution >= 0.6 is 24.8 Å². The fraction of sp³-hybridized carbons (Fsp3) is 0.632. The largest absolute Gasteiger partial charge is 0.339 e. The summed E-state index contributed by atoms with van der Waals surface area (Å²) >= 11 is 0. The van der Waals surface area contributed by atoms with Crippen molar-refractivity contribution in [3.05, 3.63) is 29.8 Å². The van der Waals surface area contributed by atoms with Crippen LogP contribution in [0, 0.1) is 12.8 Å². The normalized spacial score (nSPS) is 17.3. The Kier molecular flexibility index (Phi) is 10.9. The molecule has 0 atom stereocenters. The number of sulfonamides is 1. The number of hydrogen-bond donors (Lipinski definition) is 2. The lowest BCUT2D eigenvalue weighted by Gasteiger charge is -2.34. The van der Waals surface area contributed by atoms with Gasteiger partial charge in [-0.1, -0.05) is 17.7 Å². The number of piperazine rings is 1. The molecular formula is C19H32Cl2N4O3S. The van der Waals surface area contributed by atoms with Gasteiger partial charge in [-0.2, -0.15) is 0 Å². The summed E-state index contributed by atoms with van der Waals surface area (Å²) in [6.45, 7) is 7.28. The van der Waals surface area contributed by atoms with Crippen molar-refractivity contribution in [1.82, 2.24) is 19.8 Å². The van der Waals surface area contributed by atoms with E-state index in [1.54, 1.807) is 24.3 Å². The minimum Gasteiger partial charge on any atom is -0.339 e. The number of halogens is 2. The van der Waals surface area contributed by atoms with Gasteiger partial charge in [0.2, 0.25) is 15.9 Å². The van der Waals surface area contributed by atoms with Crippen LogP contribution in [0.3, 0.4) is 0 Å². The van der Waals surface area contributed by atoms with Crippen molar-refractivity contribution in [1.29, 1.82) is 0 Å². The lowest BCUT2D eigenvalue weighted by molar-refractivity contribution is -0.131. The second-order valence-electron chi connectivity index (χ2n) is 7.51. The van der Waals surface area contributed by atoms with Gasteiger partial charge in [-0.05, 0) is 44.4 Å². The molecule has 2 fully saturated rings. The maximum Gasteiger partial charge on any atom is 0.240 e. The zero-order valence-electron chi connectivity index (χ0n) is 16.8. The summed E-state index contributed by atoms with van der Waals surface area (Å²) in [4.78, 5) is 16.6. The van der Waals surface area contributed by atoms with Crippen molar-refractivity contribution >= 4 is 40.7 Å². The molecule has 7 nitrogen and oxygen atoms in total. The first-order valence-corrected chi connectivity index (χ1v) is 11.2. The second kappa shape index (κ2) is 12.1. The smallest absolute Gasteiger partial charge is 0.240 e. The second-order valence-corrected chi connectivity index (χ2v) is 9.27. The van der Waals surface area contributed by atoms with Crippen LogP contribution in [0.5, 0.6) is 0 Å². The molecule has 3 rings (SSSR count). The lowest BCUT2D eigenvalue weighted by Crippen LogP contribution is -2.52. The number of amides is 1. The number of carbonyl (C=O) groups excluding carboxylic acids is 1. The van der Waals surface area contributed by atoms with E-state index in [-0.39, 0.29) is 30.7 Å². The van der Waals surface area contributed by atoms with Crippen LogP contribution in [0.1, 0.15) is 18.4 Å². The Morgan fingerprint density at radius 2 is 1.69 bits per heavy atom. The summed E-state index contributed by atoms with van der Waals surface area (Å²) in [7, 11) is -3.46. The van der Waals surface area contributed by atoms with Gasteiger partial charge in [0.05, 0.1) is 11.4 Å². The maximum atomic E-state index is 12.3. The van der Waals surface area contributed by atoms with Gasteiger partial charge in [0.25, 0.3) is 0 Å². The average molecular weight is 467 g/mol. The number of nitrogens with one attached hydrogen (secondary N) is 2. The molecule has 1 saturated heterocycles. The van der Waals surface area contributed by atoms with E-state index in [0.29, 0.717) is 37.6 Å². The number of aryl methyl sites for hydroxylation is 1. The van der Waals surface area contributed by atoms with Crippen LogP contribution in [-0.4, -0.2) is 76.5 Å². The molecule has 1 aromatic rings. The molecule has 0 aromatic heterocycles. The van der Waals surface area contributed by atoms with Crippen molar-refractivity contribution in [3.63, 3.8) is 0 Å². The molecule has 1 aliphatic heterocycles. The van der Waals surface area contributed by atoms with Crippen LogP contribution in [0.25, 0.3) is 0 Å². The Labute approximate surface area is 186 Å². The molecule has 2 N–H and O–H groups in total. The van der Waals surface area contributed by atoms with Crippen LogP contribution in [0.2, 0.25) is 0 Å². The summed E-state index contributed by atoms with van der Waals surface area (Å²) in [6.07, 6.45) is 2.57. The minimum absolute atomic E-state index is 0. The Hall–Kier alpha value is -0.900. The molecule has 1 saturated carbocycles. The molecule has 0 bridgehead atoms. The van der Waals surface area contributed by atoms with E-state index in [1.807, 2.05) is 11.8 Å². The maximum absolute atomic E-state index is 12.3. The highest BCUT2D eigenvalue weighted by Crippen LogP contribution is 2.27. The van der Waals surface area contributed by atoms with E-state index in [4.69, 9.17) is 0 Å².